The Hall–Kier alpha value is -1.55. The van der Waals surface area contributed by atoms with Crippen molar-refractivity contribution in [1.82, 2.24) is 0 Å². The molecule has 0 aliphatic carbocycles. The largest absolute Gasteiger partial charge is 0.396 e. The van der Waals surface area contributed by atoms with Crippen molar-refractivity contribution in [2.45, 2.75) is 6.42 Å². The zero-order valence-electron chi connectivity index (χ0n) is 10.3. The molecule has 2 rings (SSSR count). The predicted molar refractivity (Wildman–Crippen MR) is 68.3 cm³/mol. The van der Waals surface area contributed by atoms with E-state index in [0.29, 0.717) is 13.0 Å². The summed E-state index contributed by atoms with van der Waals surface area (Å²) in [5, 5.41) is 9.08. The Bertz CT molecular complexity index is 400. The third-order valence-electron chi connectivity index (χ3n) is 3.14. The van der Waals surface area contributed by atoms with Crippen LogP contribution in [0.1, 0.15) is 6.42 Å². The molecule has 0 aromatic heterocycles. The van der Waals surface area contributed by atoms with Gasteiger partial charge in [0.25, 0.3) is 0 Å². The van der Waals surface area contributed by atoms with Crippen molar-refractivity contribution in [1.29, 1.82) is 0 Å². The third-order valence-corrected chi connectivity index (χ3v) is 3.14. The van der Waals surface area contributed by atoms with E-state index in [9.17, 15) is 4.79 Å². The first-order chi connectivity index (χ1) is 8.11. The average molecular weight is 234 g/mol. The molecule has 4 nitrogen and oxygen atoms in total. The normalized spacial score (nSPS) is 19.8. The van der Waals surface area contributed by atoms with Crippen LogP contribution in [0.15, 0.2) is 24.3 Å². The van der Waals surface area contributed by atoms with E-state index in [1.807, 2.05) is 43.3 Å². The van der Waals surface area contributed by atoms with Gasteiger partial charge in [-0.3, -0.25) is 4.79 Å². The van der Waals surface area contributed by atoms with Crippen LogP contribution in [0.3, 0.4) is 0 Å². The van der Waals surface area contributed by atoms with Gasteiger partial charge in [0, 0.05) is 51.0 Å². The summed E-state index contributed by atoms with van der Waals surface area (Å²) in [6.07, 6.45) is 0.450. The van der Waals surface area contributed by atoms with Gasteiger partial charge in [-0.2, -0.15) is 0 Å². The molecule has 0 bridgehead atoms. The number of hydrogen-bond acceptors (Lipinski definition) is 3. The highest BCUT2D eigenvalue weighted by molar-refractivity contribution is 5.95. The van der Waals surface area contributed by atoms with Gasteiger partial charge >= 0.3 is 0 Å². The molecule has 0 spiro atoms. The molecule has 0 radical (unpaired) electrons. The maximum atomic E-state index is 11.8. The monoisotopic (exact) mass is 234 g/mol. The molecule has 1 aromatic carbocycles. The maximum absolute atomic E-state index is 11.8. The van der Waals surface area contributed by atoms with Crippen molar-refractivity contribution in [3.63, 3.8) is 0 Å². The summed E-state index contributed by atoms with van der Waals surface area (Å²) < 4.78 is 0. The number of rotatable bonds is 3. The highest BCUT2D eigenvalue weighted by atomic mass is 16.3. The number of hydrogen-bond donors (Lipinski definition) is 1. The van der Waals surface area contributed by atoms with E-state index >= 15 is 0 Å². The molecular weight excluding hydrogens is 216 g/mol. The molecule has 1 unspecified atom stereocenters. The summed E-state index contributed by atoms with van der Waals surface area (Å²) in [7, 11) is 3.97. The first-order valence-electron chi connectivity index (χ1n) is 5.80. The number of carbonyl (C=O) groups is 1. The molecule has 1 atom stereocenters. The molecule has 1 amide bonds. The van der Waals surface area contributed by atoms with Crippen LogP contribution in [-0.2, 0) is 4.79 Å². The van der Waals surface area contributed by atoms with Gasteiger partial charge in [0.05, 0.1) is 0 Å². The van der Waals surface area contributed by atoms with E-state index in [4.69, 9.17) is 5.11 Å². The Labute approximate surface area is 101 Å². The number of aliphatic hydroxyl groups is 1. The summed E-state index contributed by atoms with van der Waals surface area (Å²) in [5.41, 5.74) is 2.02. The van der Waals surface area contributed by atoms with Gasteiger partial charge in [0.1, 0.15) is 0 Å². The van der Waals surface area contributed by atoms with Crippen LogP contribution < -0.4 is 9.80 Å². The van der Waals surface area contributed by atoms with Crippen molar-refractivity contribution in [2.75, 3.05) is 37.0 Å². The van der Waals surface area contributed by atoms with Crippen LogP contribution in [0.2, 0.25) is 0 Å². The molecular formula is C13H18N2O2. The van der Waals surface area contributed by atoms with Crippen molar-refractivity contribution >= 4 is 17.3 Å². The topological polar surface area (TPSA) is 43.8 Å². The van der Waals surface area contributed by atoms with Gasteiger partial charge in [-0.1, -0.05) is 0 Å². The van der Waals surface area contributed by atoms with E-state index in [-0.39, 0.29) is 18.4 Å². The molecule has 1 aliphatic heterocycles. The van der Waals surface area contributed by atoms with Crippen LogP contribution in [-0.4, -0.2) is 38.3 Å². The Morgan fingerprint density at radius 1 is 1.35 bits per heavy atom. The summed E-state index contributed by atoms with van der Waals surface area (Å²) >= 11 is 0. The molecule has 0 saturated carbocycles. The standard InChI is InChI=1S/C13H18N2O2/c1-14(2)11-3-5-12(6-4-11)15-8-10(9-16)7-13(15)17/h3-6,10,16H,7-9H2,1-2H3. The van der Waals surface area contributed by atoms with Crippen molar-refractivity contribution in [3.8, 4) is 0 Å². The van der Waals surface area contributed by atoms with Crippen molar-refractivity contribution in [3.05, 3.63) is 24.3 Å². The molecule has 1 aromatic rings. The first-order valence-corrected chi connectivity index (χ1v) is 5.80. The second-order valence-electron chi connectivity index (χ2n) is 4.67. The van der Waals surface area contributed by atoms with Gasteiger partial charge < -0.3 is 14.9 Å². The fourth-order valence-corrected chi connectivity index (χ4v) is 2.08. The Kier molecular flexibility index (Phi) is 3.33. The lowest BCUT2D eigenvalue weighted by Crippen LogP contribution is -2.24. The molecule has 1 aliphatic rings. The van der Waals surface area contributed by atoms with Gasteiger partial charge in [-0.25, -0.2) is 0 Å². The second-order valence-corrected chi connectivity index (χ2v) is 4.67. The molecule has 1 heterocycles. The number of anilines is 2. The van der Waals surface area contributed by atoms with E-state index in [2.05, 4.69) is 0 Å². The highest BCUT2D eigenvalue weighted by Gasteiger charge is 2.29. The average Bonchev–Trinajstić information content (AvgIpc) is 2.71. The number of amides is 1. The molecule has 92 valence electrons. The fourth-order valence-electron chi connectivity index (χ4n) is 2.08. The zero-order chi connectivity index (χ0) is 12.4. The first kappa shape index (κ1) is 11.9. The molecule has 1 N–H and O–H groups in total. The Balaban J connectivity index is 2.15. The molecule has 4 heteroatoms. The van der Waals surface area contributed by atoms with Gasteiger partial charge in [-0.15, -0.1) is 0 Å². The minimum absolute atomic E-state index is 0.0797. The quantitative estimate of drug-likeness (QED) is 0.851. The lowest BCUT2D eigenvalue weighted by molar-refractivity contribution is -0.117. The third kappa shape index (κ3) is 2.42. The number of carbonyl (C=O) groups excluding carboxylic acids is 1. The number of benzene rings is 1. The highest BCUT2D eigenvalue weighted by Crippen LogP contribution is 2.26. The smallest absolute Gasteiger partial charge is 0.227 e. The van der Waals surface area contributed by atoms with E-state index in [0.717, 1.165) is 11.4 Å². The fraction of sp³-hybridized carbons (Fsp3) is 0.462. The zero-order valence-corrected chi connectivity index (χ0v) is 10.3. The van der Waals surface area contributed by atoms with Gasteiger partial charge in [-0.05, 0) is 24.3 Å². The van der Waals surface area contributed by atoms with Crippen LogP contribution in [0, 0.1) is 5.92 Å². The maximum Gasteiger partial charge on any atom is 0.227 e. The number of aliphatic hydroxyl groups excluding tert-OH is 1. The molecule has 1 fully saturated rings. The lowest BCUT2D eigenvalue weighted by atomic mass is 10.1. The lowest BCUT2D eigenvalue weighted by Gasteiger charge is -2.18. The predicted octanol–water partition coefficient (Wildman–Crippen LogP) is 1.10. The van der Waals surface area contributed by atoms with Gasteiger partial charge in [0.15, 0.2) is 0 Å². The van der Waals surface area contributed by atoms with Crippen molar-refractivity contribution < 1.29 is 9.90 Å². The van der Waals surface area contributed by atoms with Crippen LogP contribution in [0.25, 0.3) is 0 Å². The minimum atomic E-state index is 0.0797. The number of nitrogens with zero attached hydrogens (tertiary/aromatic N) is 2. The molecule has 1 saturated heterocycles. The van der Waals surface area contributed by atoms with Crippen LogP contribution >= 0.6 is 0 Å². The van der Waals surface area contributed by atoms with E-state index < -0.39 is 0 Å². The van der Waals surface area contributed by atoms with E-state index in [1.165, 1.54) is 0 Å². The summed E-state index contributed by atoms with van der Waals surface area (Å²) in [6, 6.07) is 7.89. The SMILES string of the molecule is CN(C)c1ccc(N2CC(CO)CC2=O)cc1. The Morgan fingerprint density at radius 3 is 2.47 bits per heavy atom. The second kappa shape index (κ2) is 4.75. The summed E-state index contributed by atoms with van der Waals surface area (Å²) in [4.78, 5) is 15.5. The Morgan fingerprint density at radius 2 is 2.00 bits per heavy atom. The van der Waals surface area contributed by atoms with Crippen molar-refractivity contribution in [2.24, 2.45) is 5.92 Å². The van der Waals surface area contributed by atoms with Crippen LogP contribution in [0.5, 0.6) is 0 Å². The minimum Gasteiger partial charge on any atom is -0.396 e. The molecule has 17 heavy (non-hydrogen) atoms. The van der Waals surface area contributed by atoms with E-state index in [1.54, 1.807) is 4.90 Å². The summed E-state index contributed by atoms with van der Waals surface area (Å²) in [5.74, 6) is 0.178. The van der Waals surface area contributed by atoms with Gasteiger partial charge in [0.2, 0.25) is 5.91 Å². The van der Waals surface area contributed by atoms with Crippen LogP contribution in [0.4, 0.5) is 11.4 Å². The summed E-state index contributed by atoms with van der Waals surface area (Å²) in [6.45, 7) is 0.703.